The fourth-order valence-corrected chi connectivity index (χ4v) is 2.71. The van der Waals surface area contributed by atoms with E-state index in [1.165, 1.54) is 29.1 Å². The Morgan fingerprint density at radius 2 is 1.74 bits per heavy atom. The Balaban J connectivity index is 0.00000114. The van der Waals surface area contributed by atoms with Crippen molar-refractivity contribution >= 4 is 29.5 Å². The van der Waals surface area contributed by atoms with Gasteiger partial charge in [0.15, 0.2) is 0 Å². The number of nitrogens with one attached hydrogen (secondary N) is 2. The van der Waals surface area contributed by atoms with Gasteiger partial charge in [0, 0.05) is 42.6 Å². The van der Waals surface area contributed by atoms with E-state index >= 15 is 0 Å². The van der Waals surface area contributed by atoms with Crippen LogP contribution < -0.4 is 32.7 Å². The Bertz CT molecular complexity index is 1090. The van der Waals surface area contributed by atoms with Crippen LogP contribution in [0.4, 0.5) is 30.6 Å². The predicted molar refractivity (Wildman–Crippen MR) is 134 cm³/mol. The number of amides is 3. The van der Waals surface area contributed by atoms with Crippen LogP contribution in [-0.4, -0.2) is 29.3 Å². The molecule has 3 amide bonds. The number of nitrogens with two attached hydrogens (primary N) is 3. The fourth-order valence-electron chi connectivity index (χ4n) is 2.71. The van der Waals surface area contributed by atoms with E-state index < -0.39 is 12.5 Å². The number of benzene rings is 2. The Morgan fingerprint density at radius 3 is 2.26 bits per heavy atom. The minimum absolute atomic E-state index is 0.200. The summed E-state index contributed by atoms with van der Waals surface area (Å²) in [6.07, 6.45) is 2.07. The molecular weight excluding hydrogens is 458 g/mol. The highest BCUT2D eigenvalue weighted by Crippen LogP contribution is 2.27. The first-order chi connectivity index (χ1) is 16.8. The van der Waals surface area contributed by atoms with Gasteiger partial charge in [-0.2, -0.15) is 5.10 Å². The number of aromatic nitrogens is 2. The van der Waals surface area contributed by atoms with Crippen molar-refractivity contribution in [3.05, 3.63) is 78.5 Å². The summed E-state index contributed by atoms with van der Waals surface area (Å²) >= 11 is 0. The second-order valence-electron chi connectivity index (χ2n) is 6.44. The smallest absolute Gasteiger partial charge is 0.323 e. The number of carbonyl (C=O) groups is 2. The lowest BCUT2D eigenvalue weighted by Crippen LogP contribution is -2.24. The molecule has 0 unspecified atom stereocenters. The third kappa shape index (κ3) is 8.35. The maximum atomic E-state index is 13.1. The Labute approximate surface area is 202 Å². The molecule has 10 nitrogen and oxygen atoms in total. The van der Waals surface area contributed by atoms with Crippen molar-refractivity contribution in [3.8, 4) is 5.69 Å². The zero-order chi connectivity index (χ0) is 26.4. The Morgan fingerprint density at radius 1 is 1.11 bits per heavy atom. The molecule has 0 aliphatic rings. The average molecular weight is 489 g/mol. The van der Waals surface area contributed by atoms with Crippen LogP contribution in [0.5, 0.6) is 0 Å². The van der Waals surface area contributed by atoms with Crippen LogP contribution in [0.2, 0.25) is 0 Å². The van der Waals surface area contributed by atoms with Crippen LogP contribution in [0.15, 0.2) is 72.9 Å². The quantitative estimate of drug-likeness (QED) is 0.333. The van der Waals surface area contributed by atoms with Crippen molar-refractivity contribution in [2.45, 2.75) is 20.3 Å². The SMILES string of the molecule is CC.CN(/C(N)=C\N)c1ccc(NC(=O)Nc2cc(C(F)F)ccc2-n2cccn2)cc1.NC=O. The highest BCUT2D eigenvalue weighted by Gasteiger charge is 2.14. The second kappa shape index (κ2) is 14.5. The molecule has 1 aromatic heterocycles. The van der Waals surface area contributed by atoms with Crippen molar-refractivity contribution in [3.63, 3.8) is 0 Å². The number of urea groups is 1. The van der Waals surface area contributed by atoms with Gasteiger partial charge in [-0.3, -0.25) is 4.79 Å². The number of hydrogen-bond donors (Lipinski definition) is 5. The van der Waals surface area contributed by atoms with E-state index in [1.807, 2.05) is 13.8 Å². The molecule has 0 fully saturated rings. The third-order valence-corrected chi connectivity index (χ3v) is 4.34. The van der Waals surface area contributed by atoms with Crippen molar-refractivity contribution in [1.29, 1.82) is 0 Å². The van der Waals surface area contributed by atoms with Gasteiger partial charge in [-0.25, -0.2) is 18.3 Å². The van der Waals surface area contributed by atoms with Gasteiger partial charge in [0.2, 0.25) is 6.41 Å². The summed E-state index contributed by atoms with van der Waals surface area (Å²) in [4.78, 5) is 22.7. The van der Waals surface area contributed by atoms with Crippen LogP contribution in [0, 0.1) is 0 Å². The third-order valence-electron chi connectivity index (χ3n) is 4.34. The van der Waals surface area contributed by atoms with Crippen LogP contribution in [0.1, 0.15) is 25.8 Å². The van der Waals surface area contributed by atoms with Gasteiger partial charge < -0.3 is 32.7 Å². The first kappa shape index (κ1) is 28.4. The number of alkyl halides is 2. The summed E-state index contributed by atoms with van der Waals surface area (Å²) in [5.41, 5.74) is 17.1. The molecular formula is C23H30F2N8O2. The summed E-state index contributed by atoms with van der Waals surface area (Å²) < 4.78 is 27.7. The van der Waals surface area contributed by atoms with Crippen molar-refractivity contribution in [2.24, 2.45) is 17.2 Å². The van der Waals surface area contributed by atoms with Crippen molar-refractivity contribution in [2.75, 3.05) is 22.6 Å². The second-order valence-corrected chi connectivity index (χ2v) is 6.44. The maximum absolute atomic E-state index is 13.1. The zero-order valence-corrected chi connectivity index (χ0v) is 19.7. The molecule has 0 spiro atoms. The summed E-state index contributed by atoms with van der Waals surface area (Å²) in [5.74, 6) is 0.374. The molecule has 12 heteroatoms. The van der Waals surface area contributed by atoms with Gasteiger partial charge >= 0.3 is 6.03 Å². The molecule has 0 atom stereocenters. The molecule has 188 valence electrons. The first-order valence-electron chi connectivity index (χ1n) is 10.5. The van der Waals surface area contributed by atoms with Gasteiger partial charge in [-0.1, -0.05) is 19.9 Å². The van der Waals surface area contributed by atoms with E-state index in [0.29, 0.717) is 17.2 Å². The highest BCUT2D eigenvalue weighted by atomic mass is 19.3. The average Bonchev–Trinajstić information content (AvgIpc) is 3.40. The van der Waals surface area contributed by atoms with E-state index in [0.717, 1.165) is 5.69 Å². The summed E-state index contributed by atoms with van der Waals surface area (Å²) in [6, 6.07) is 12.0. The Hall–Kier alpha value is -4.61. The molecule has 0 radical (unpaired) electrons. The molecule has 2 aromatic carbocycles. The largest absolute Gasteiger partial charge is 0.402 e. The molecule has 1 heterocycles. The topological polar surface area (TPSA) is 157 Å². The van der Waals surface area contributed by atoms with Crippen molar-refractivity contribution in [1.82, 2.24) is 9.78 Å². The lowest BCUT2D eigenvalue weighted by molar-refractivity contribution is -0.106. The Kier molecular flexibility index (Phi) is 11.8. The molecule has 3 rings (SSSR count). The van der Waals surface area contributed by atoms with E-state index in [9.17, 15) is 13.6 Å². The van der Waals surface area contributed by atoms with E-state index in [2.05, 4.69) is 21.5 Å². The van der Waals surface area contributed by atoms with Crippen LogP contribution in [0.25, 0.3) is 5.69 Å². The number of primary amides is 1. The summed E-state index contributed by atoms with van der Waals surface area (Å²) in [7, 11) is 1.75. The molecule has 35 heavy (non-hydrogen) atoms. The van der Waals surface area contributed by atoms with Gasteiger partial charge in [0.25, 0.3) is 6.43 Å². The monoisotopic (exact) mass is 488 g/mol. The number of nitrogens with zero attached hydrogens (tertiary/aromatic N) is 3. The minimum Gasteiger partial charge on any atom is -0.402 e. The van der Waals surface area contributed by atoms with E-state index in [-0.39, 0.29) is 17.7 Å². The minimum atomic E-state index is -2.67. The molecule has 3 aromatic rings. The maximum Gasteiger partial charge on any atom is 0.323 e. The van der Waals surface area contributed by atoms with Gasteiger partial charge in [-0.15, -0.1) is 0 Å². The molecule has 0 saturated carbocycles. The standard InChI is InChI=1S/C20H21F2N7O.C2H6.CH3NO/c1-28(18(24)12-23)15-6-4-14(5-7-15)26-20(30)27-16-11-13(19(21)22)3-8-17(16)29-10-2-9-25-29;1-2;2-1-3/h2-12,19H,23-24H2,1H3,(H2,26,27,30);1-2H3;1H,(H2,2,3)/b18-12-;;. The highest BCUT2D eigenvalue weighted by molar-refractivity contribution is 6.01. The lowest BCUT2D eigenvalue weighted by atomic mass is 10.1. The summed E-state index contributed by atoms with van der Waals surface area (Å²) in [6.45, 7) is 4.00. The van der Waals surface area contributed by atoms with Gasteiger partial charge in [0.05, 0.1) is 11.4 Å². The number of halogens is 2. The normalized spacial score (nSPS) is 10.3. The van der Waals surface area contributed by atoms with Crippen LogP contribution in [0.3, 0.4) is 0 Å². The zero-order valence-electron chi connectivity index (χ0n) is 19.7. The molecule has 0 aliphatic carbocycles. The molecule has 0 bridgehead atoms. The van der Waals surface area contributed by atoms with E-state index in [1.54, 1.807) is 54.7 Å². The molecule has 8 N–H and O–H groups in total. The van der Waals surface area contributed by atoms with Gasteiger partial charge in [-0.05, 0) is 42.5 Å². The van der Waals surface area contributed by atoms with Gasteiger partial charge in [0.1, 0.15) is 5.82 Å². The number of rotatable bonds is 6. The lowest BCUT2D eigenvalue weighted by Gasteiger charge is -2.19. The van der Waals surface area contributed by atoms with Crippen LogP contribution >= 0.6 is 0 Å². The van der Waals surface area contributed by atoms with Crippen LogP contribution in [-0.2, 0) is 4.79 Å². The number of anilines is 3. The molecule has 0 saturated heterocycles. The predicted octanol–water partition coefficient (Wildman–Crippen LogP) is 3.73. The van der Waals surface area contributed by atoms with E-state index in [4.69, 9.17) is 16.3 Å². The van der Waals surface area contributed by atoms with Crippen molar-refractivity contribution < 1.29 is 18.4 Å². The number of carbonyl (C=O) groups excluding carboxylic acids is 2. The number of hydrogen-bond acceptors (Lipinski definition) is 6. The fraction of sp³-hybridized carbons (Fsp3) is 0.174. The molecule has 0 aliphatic heterocycles. The first-order valence-corrected chi connectivity index (χ1v) is 10.5. The summed E-state index contributed by atoms with van der Waals surface area (Å²) in [5, 5.41) is 9.36.